The quantitative estimate of drug-likeness (QED) is 0.798. The van der Waals surface area contributed by atoms with E-state index in [-0.39, 0.29) is 0 Å². The van der Waals surface area contributed by atoms with Gasteiger partial charge in [-0.3, -0.25) is 4.98 Å². The first kappa shape index (κ1) is 10.5. The van der Waals surface area contributed by atoms with Crippen LogP contribution in [0.1, 0.15) is 38.2 Å². The molecule has 0 radical (unpaired) electrons. The molecule has 82 valence electrons. The van der Waals surface area contributed by atoms with Crippen molar-refractivity contribution in [2.45, 2.75) is 45.6 Å². The van der Waals surface area contributed by atoms with Crippen molar-refractivity contribution in [2.75, 3.05) is 5.32 Å². The minimum absolute atomic E-state index is 0.662. The van der Waals surface area contributed by atoms with E-state index in [1.54, 1.807) is 0 Å². The second-order valence-electron chi connectivity index (χ2n) is 4.80. The van der Waals surface area contributed by atoms with Gasteiger partial charge in [-0.25, -0.2) is 0 Å². The summed E-state index contributed by atoms with van der Waals surface area (Å²) in [6, 6.07) is 2.74. The van der Waals surface area contributed by atoms with E-state index in [9.17, 15) is 0 Å². The molecule has 1 aliphatic carbocycles. The Kier molecular flexibility index (Phi) is 3.24. The highest BCUT2D eigenvalue weighted by atomic mass is 14.9. The standard InChI is InChI=1S/C13H20N2/c1-10-4-3-5-12(8-10)15-13-6-7-14-9-11(13)2/h6-7,9-10,12H,3-5,8H2,1-2H3,(H,14,15). The van der Waals surface area contributed by atoms with Crippen molar-refractivity contribution >= 4 is 5.69 Å². The Bertz CT molecular complexity index is 322. The van der Waals surface area contributed by atoms with E-state index in [1.807, 2.05) is 12.4 Å². The summed E-state index contributed by atoms with van der Waals surface area (Å²) in [7, 11) is 0. The van der Waals surface area contributed by atoms with Crippen LogP contribution in [0.25, 0.3) is 0 Å². The van der Waals surface area contributed by atoms with Crippen LogP contribution in [0.15, 0.2) is 18.5 Å². The Morgan fingerprint density at radius 1 is 1.40 bits per heavy atom. The van der Waals surface area contributed by atoms with E-state index in [2.05, 4.69) is 30.2 Å². The van der Waals surface area contributed by atoms with Crippen LogP contribution in [0.5, 0.6) is 0 Å². The van der Waals surface area contributed by atoms with Crippen LogP contribution >= 0.6 is 0 Å². The second kappa shape index (κ2) is 4.65. The Morgan fingerprint density at radius 3 is 3.00 bits per heavy atom. The van der Waals surface area contributed by atoms with E-state index in [1.165, 1.54) is 36.9 Å². The summed E-state index contributed by atoms with van der Waals surface area (Å²) in [5.41, 5.74) is 2.50. The zero-order chi connectivity index (χ0) is 10.7. The van der Waals surface area contributed by atoms with Crippen LogP contribution in [0.3, 0.4) is 0 Å². The van der Waals surface area contributed by atoms with Crippen LogP contribution in [0.2, 0.25) is 0 Å². The van der Waals surface area contributed by atoms with Crippen LogP contribution in [0, 0.1) is 12.8 Å². The van der Waals surface area contributed by atoms with Gasteiger partial charge in [-0.05, 0) is 37.3 Å². The average molecular weight is 204 g/mol. The predicted octanol–water partition coefficient (Wildman–Crippen LogP) is 3.38. The van der Waals surface area contributed by atoms with Crippen molar-refractivity contribution in [1.82, 2.24) is 4.98 Å². The Labute approximate surface area is 92.1 Å². The van der Waals surface area contributed by atoms with Gasteiger partial charge in [0.2, 0.25) is 0 Å². The number of hydrogen-bond acceptors (Lipinski definition) is 2. The summed E-state index contributed by atoms with van der Waals surface area (Å²) in [4.78, 5) is 4.11. The van der Waals surface area contributed by atoms with Gasteiger partial charge in [0.25, 0.3) is 0 Å². The molecule has 0 spiro atoms. The zero-order valence-corrected chi connectivity index (χ0v) is 9.66. The Balaban J connectivity index is 1.99. The van der Waals surface area contributed by atoms with Gasteiger partial charge in [0.05, 0.1) is 0 Å². The number of aryl methyl sites for hydroxylation is 1. The lowest BCUT2D eigenvalue weighted by Gasteiger charge is -2.28. The normalized spacial score (nSPS) is 26.3. The summed E-state index contributed by atoms with van der Waals surface area (Å²) in [6.45, 7) is 4.47. The third-order valence-corrected chi connectivity index (χ3v) is 3.32. The van der Waals surface area contributed by atoms with Gasteiger partial charge in [0, 0.05) is 24.1 Å². The van der Waals surface area contributed by atoms with Gasteiger partial charge in [0.1, 0.15) is 0 Å². The molecule has 1 aromatic rings. The summed E-state index contributed by atoms with van der Waals surface area (Å²) in [5.74, 6) is 0.874. The molecule has 0 amide bonds. The summed E-state index contributed by atoms with van der Waals surface area (Å²) < 4.78 is 0. The molecule has 1 heterocycles. The van der Waals surface area contributed by atoms with Gasteiger partial charge < -0.3 is 5.32 Å². The number of nitrogens with one attached hydrogen (secondary N) is 1. The SMILES string of the molecule is Cc1cnccc1NC1CCCC(C)C1. The molecule has 0 saturated heterocycles. The van der Waals surface area contributed by atoms with Gasteiger partial charge in [0.15, 0.2) is 0 Å². The number of hydrogen-bond donors (Lipinski definition) is 1. The van der Waals surface area contributed by atoms with Gasteiger partial charge in [-0.1, -0.05) is 19.8 Å². The lowest BCUT2D eigenvalue weighted by molar-refractivity contribution is 0.358. The van der Waals surface area contributed by atoms with Crippen LogP contribution in [0.4, 0.5) is 5.69 Å². The molecule has 2 rings (SSSR count). The minimum Gasteiger partial charge on any atom is -0.382 e. The Morgan fingerprint density at radius 2 is 2.27 bits per heavy atom. The molecule has 1 N–H and O–H groups in total. The zero-order valence-electron chi connectivity index (χ0n) is 9.66. The Hall–Kier alpha value is -1.05. The number of pyridine rings is 1. The first-order chi connectivity index (χ1) is 7.25. The van der Waals surface area contributed by atoms with Crippen molar-refractivity contribution in [3.8, 4) is 0 Å². The molecule has 1 saturated carbocycles. The first-order valence-corrected chi connectivity index (χ1v) is 5.93. The van der Waals surface area contributed by atoms with Crippen molar-refractivity contribution in [3.05, 3.63) is 24.0 Å². The molecule has 0 aromatic carbocycles. The fraction of sp³-hybridized carbons (Fsp3) is 0.615. The van der Waals surface area contributed by atoms with Crippen molar-refractivity contribution in [2.24, 2.45) is 5.92 Å². The molecule has 2 nitrogen and oxygen atoms in total. The first-order valence-electron chi connectivity index (χ1n) is 5.93. The van der Waals surface area contributed by atoms with E-state index in [4.69, 9.17) is 0 Å². The molecule has 15 heavy (non-hydrogen) atoms. The molecule has 0 bridgehead atoms. The van der Waals surface area contributed by atoms with E-state index >= 15 is 0 Å². The lowest BCUT2D eigenvalue weighted by atomic mass is 9.87. The maximum Gasteiger partial charge on any atom is 0.0402 e. The molecule has 1 aliphatic rings. The number of aromatic nitrogens is 1. The number of anilines is 1. The van der Waals surface area contributed by atoms with Gasteiger partial charge in [-0.2, -0.15) is 0 Å². The van der Waals surface area contributed by atoms with Crippen molar-refractivity contribution in [3.63, 3.8) is 0 Å². The number of rotatable bonds is 2. The highest BCUT2D eigenvalue weighted by molar-refractivity contribution is 5.49. The maximum absolute atomic E-state index is 4.11. The number of nitrogens with zero attached hydrogens (tertiary/aromatic N) is 1. The highest BCUT2D eigenvalue weighted by Crippen LogP contribution is 2.26. The topological polar surface area (TPSA) is 24.9 Å². The van der Waals surface area contributed by atoms with Crippen molar-refractivity contribution in [1.29, 1.82) is 0 Å². The van der Waals surface area contributed by atoms with Crippen LogP contribution in [-0.4, -0.2) is 11.0 Å². The maximum atomic E-state index is 4.11. The van der Waals surface area contributed by atoms with Crippen LogP contribution in [-0.2, 0) is 0 Å². The third kappa shape index (κ3) is 2.71. The van der Waals surface area contributed by atoms with Gasteiger partial charge in [-0.15, -0.1) is 0 Å². The van der Waals surface area contributed by atoms with Crippen molar-refractivity contribution < 1.29 is 0 Å². The molecule has 1 aromatic heterocycles. The monoisotopic (exact) mass is 204 g/mol. The molecule has 0 aliphatic heterocycles. The van der Waals surface area contributed by atoms with Gasteiger partial charge >= 0.3 is 0 Å². The van der Waals surface area contributed by atoms with E-state index in [0.717, 1.165) is 5.92 Å². The molecule has 2 heteroatoms. The predicted molar refractivity (Wildman–Crippen MR) is 64.0 cm³/mol. The van der Waals surface area contributed by atoms with E-state index in [0.29, 0.717) is 6.04 Å². The lowest BCUT2D eigenvalue weighted by Crippen LogP contribution is -2.26. The van der Waals surface area contributed by atoms with Crippen LogP contribution < -0.4 is 5.32 Å². The fourth-order valence-electron chi connectivity index (χ4n) is 2.42. The summed E-state index contributed by atoms with van der Waals surface area (Å²) >= 11 is 0. The molecule has 2 atom stereocenters. The molecule has 2 unspecified atom stereocenters. The highest BCUT2D eigenvalue weighted by Gasteiger charge is 2.18. The third-order valence-electron chi connectivity index (χ3n) is 3.32. The second-order valence-corrected chi connectivity index (χ2v) is 4.80. The summed E-state index contributed by atoms with van der Waals surface area (Å²) in [6.07, 6.45) is 9.17. The minimum atomic E-state index is 0.662. The molecular weight excluding hydrogens is 184 g/mol. The molecule has 1 fully saturated rings. The fourth-order valence-corrected chi connectivity index (χ4v) is 2.42. The molecular formula is C13H20N2. The van der Waals surface area contributed by atoms with E-state index < -0.39 is 0 Å². The summed E-state index contributed by atoms with van der Waals surface area (Å²) in [5, 5.41) is 3.64. The largest absolute Gasteiger partial charge is 0.382 e. The smallest absolute Gasteiger partial charge is 0.0402 e. The average Bonchev–Trinajstić information content (AvgIpc) is 2.22.